The molecule has 1 aromatic rings. The van der Waals surface area contributed by atoms with Crippen LogP contribution in [0.1, 0.15) is 12.5 Å². The second kappa shape index (κ2) is 6.54. The van der Waals surface area contributed by atoms with Crippen LogP contribution < -0.4 is 15.5 Å². The molecule has 1 aliphatic rings. The highest BCUT2D eigenvalue weighted by atomic mass is 35.5. The number of carbonyl (C=O) groups excluding carboxylic acids is 2. The van der Waals surface area contributed by atoms with E-state index in [9.17, 15) is 9.59 Å². The van der Waals surface area contributed by atoms with Crippen LogP contribution in [-0.4, -0.2) is 32.0 Å². The first-order chi connectivity index (χ1) is 8.61. The van der Waals surface area contributed by atoms with E-state index in [1.165, 1.54) is 0 Å². The molecule has 2 amide bonds. The fourth-order valence-corrected chi connectivity index (χ4v) is 2.17. The number of likely N-dealkylation sites (N-methyl/N-ethyl adjacent to an activating group) is 1. The average molecular weight is 284 g/mol. The third kappa shape index (κ3) is 3.45. The number of rotatable bonds is 3. The van der Waals surface area contributed by atoms with E-state index in [4.69, 9.17) is 0 Å². The predicted molar refractivity (Wildman–Crippen MR) is 78.0 cm³/mol. The monoisotopic (exact) mass is 283 g/mol. The molecule has 0 aliphatic carbocycles. The summed E-state index contributed by atoms with van der Waals surface area (Å²) in [7, 11) is 1.73. The number of hydrogen-bond acceptors (Lipinski definition) is 3. The standard InChI is InChI=1S/C13H17N3O2.ClH/c1-9(17)16-6-5-10-7-11(3-4-12(10)16)15-13(18)8-14-2;/h3-4,7,14H,5-6,8H2,1-2H3,(H,15,18);1H. The highest BCUT2D eigenvalue weighted by molar-refractivity contribution is 5.96. The quantitative estimate of drug-likeness (QED) is 0.876. The van der Waals surface area contributed by atoms with Gasteiger partial charge in [0, 0.05) is 24.8 Å². The zero-order chi connectivity index (χ0) is 13.1. The fourth-order valence-electron chi connectivity index (χ4n) is 2.17. The van der Waals surface area contributed by atoms with E-state index in [0.29, 0.717) is 0 Å². The molecule has 0 aromatic heterocycles. The SMILES string of the molecule is CNCC(=O)Nc1ccc2c(c1)CCN2C(C)=O.Cl. The molecule has 0 saturated heterocycles. The summed E-state index contributed by atoms with van der Waals surface area (Å²) in [4.78, 5) is 24.6. The Labute approximate surface area is 118 Å². The number of halogens is 1. The van der Waals surface area contributed by atoms with E-state index in [1.54, 1.807) is 18.9 Å². The Morgan fingerprint density at radius 2 is 2.11 bits per heavy atom. The highest BCUT2D eigenvalue weighted by Crippen LogP contribution is 2.30. The van der Waals surface area contributed by atoms with Crippen LogP contribution in [0.2, 0.25) is 0 Å². The molecule has 19 heavy (non-hydrogen) atoms. The van der Waals surface area contributed by atoms with E-state index in [-0.39, 0.29) is 30.8 Å². The van der Waals surface area contributed by atoms with Gasteiger partial charge in [-0.15, -0.1) is 12.4 Å². The van der Waals surface area contributed by atoms with Gasteiger partial charge in [0.1, 0.15) is 0 Å². The zero-order valence-electron chi connectivity index (χ0n) is 11.0. The van der Waals surface area contributed by atoms with Crippen molar-refractivity contribution in [3.05, 3.63) is 23.8 Å². The molecule has 0 unspecified atom stereocenters. The molecule has 0 atom stereocenters. The van der Waals surface area contributed by atoms with Crippen molar-refractivity contribution in [2.24, 2.45) is 0 Å². The van der Waals surface area contributed by atoms with Crippen molar-refractivity contribution < 1.29 is 9.59 Å². The molecule has 104 valence electrons. The predicted octanol–water partition coefficient (Wildman–Crippen LogP) is 1.18. The second-order valence-corrected chi connectivity index (χ2v) is 4.34. The smallest absolute Gasteiger partial charge is 0.238 e. The Morgan fingerprint density at radius 1 is 1.37 bits per heavy atom. The lowest BCUT2D eigenvalue weighted by atomic mass is 10.1. The highest BCUT2D eigenvalue weighted by Gasteiger charge is 2.22. The second-order valence-electron chi connectivity index (χ2n) is 4.34. The van der Waals surface area contributed by atoms with E-state index in [2.05, 4.69) is 10.6 Å². The third-order valence-electron chi connectivity index (χ3n) is 2.98. The Kier molecular flexibility index (Phi) is 5.32. The summed E-state index contributed by atoms with van der Waals surface area (Å²) in [6.45, 7) is 2.58. The number of hydrogen-bond donors (Lipinski definition) is 2. The van der Waals surface area contributed by atoms with Crippen LogP contribution in [0.3, 0.4) is 0 Å². The van der Waals surface area contributed by atoms with E-state index < -0.39 is 0 Å². The summed E-state index contributed by atoms with van der Waals surface area (Å²) >= 11 is 0. The Morgan fingerprint density at radius 3 is 2.74 bits per heavy atom. The summed E-state index contributed by atoms with van der Waals surface area (Å²) in [6.07, 6.45) is 0.838. The summed E-state index contributed by atoms with van der Waals surface area (Å²) in [5.41, 5.74) is 2.83. The first kappa shape index (κ1) is 15.5. The van der Waals surface area contributed by atoms with Crippen molar-refractivity contribution in [1.29, 1.82) is 0 Å². The minimum atomic E-state index is -0.0705. The lowest BCUT2D eigenvalue weighted by molar-refractivity contribution is -0.116. The summed E-state index contributed by atoms with van der Waals surface area (Å²) in [6, 6.07) is 5.65. The Hall–Kier alpha value is -1.59. The van der Waals surface area contributed by atoms with Crippen LogP contribution in [0.15, 0.2) is 18.2 Å². The number of nitrogens with zero attached hydrogens (tertiary/aromatic N) is 1. The molecule has 1 heterocycles. The van der Waals surface area contributed by atoms with Gasteiger partial charge >= 0.3 is 0 Å². The first-order valence-corrected chi connectivity index (χ1v) is 5.97. The molecule has 6 heteroatoms. The first-order valence-electron chi connectivity index (χ1n) is 5.97. The van der Waals surface area contributed by atoms with Crippen molar-refractivity contribution in [2.45, 2.75) is 13.3 Å². The van der Waals surface area contributed by atoms with Crippen LogP contribution in [0, 0.1) is 0 Å². The molecule has 0 saturated carbocycles. The zero-order valence-corrected chi connectivity index (χ0v) is 11.8. The van der Waals surface area contributed by atoms with Crippen molar-refractivity contribution in [2.75, 3.05) is 30.4 Å². The third-order valence-corrected chi connectivity index (χ3v) is 2.98. The van der Waals surface area contributed by atoms with Gasteiger partial charge < -0.3 is 15.5 Å². The van der Waals surface area contributed by atoms with E-state index >= 15 is 0 Å². The van der Waals surface area contributed by atoms with Gasteiger partial charge in [0.15, 0.2) is 0 Å². The van der Waals surface area contributed by atoms with Crippen LogP contribution in [-0.2, 0) is 16.0 Å². The van der Waals surface area contributed by atoms with Crippen LogP contribution in [0.4, 0.5) is 11.4 Å². The van der Waals surface area contributed by atoms with E-state index in [1.807, 2.05) is 18.2 Å². The van der Waals surface area contributed by atoms with Crippen molar-refractivity contribution in [3.63, 3.8) is 0 Å². The summed E-state index contributed by atoms with van der Waals surface area (Å²) in [5.74, 6) is -0.0143. The average Bonchev–Trinajstić information content (AvgIpc) is 2.72. The minimum absolute atomic E-state index is 0. The van der Waals surface area contributed by atoms with Gasteiger partial charge in [-0.2, -0.15) is 0 Å². The Bertz CT molecular complexity index is 491. The maximum atomic E-state index is 11.4. The molecule has 0 fully saturated rings. The van der Waals surface area contributed by atoms with Crippen molar-refractivity contribution in [3.8, 4) is 0 Å². The Balaban J connectivity index is 0.00000180. The fraction of sp³-hybridized carbons (Fsp3) is 0.385. The van der Waals surface area contributed by atoms with Crippen LogP contribution in [0.5, 0.6) is 0 Å². The molecule has 1 aliphatic heterocycles. The molecular weight excluding hydrogens is 266 g/mol. The molecule has 1 aromatic carbocycles. The van der Waals surface area contributed by atoms with Gasteiger partial charge in [-0.1, -0.05) is 0 Å². The number of amides is 2. The van der Waals surface area contributed by atoms with Crippen molar-refractivity contribution in [1.82, 2.24) is 5.32 Å². The number of fused-ring (bicyclic) bond motifs is 1. The van der Waals surface area contributed by atoms with E-state index in [0.717, 1.165) is 29.9 Å². The number of carbonyl (C=O) groups is 2. The minimum Gasteiger partial charge on any atom is -0.325 e. The van der Waals surface area contributed by atoms with Crippen molar-refractivity contribution >= 4 is 35.6 Å². The van der Waals surface area contributed by atoms with Gasteiger partial charge in [-0.05, 0) is 37.2 Å². The van der Waals surface area contributed by atoms with Gasteiger partial charge in [0.2, 0.25) is 11.8 Å². The lowest BCUT2D eigenvalue weighted by Gasteiger charge is -2.15. The molecule has 0 bridgehead atoms. The summed E-state index contributed by atoms with van der Waals surface area (Å²) < 4.78 is 0. The normalized spacial score (nSPS) is 12.6. The maximum Gasteiger partial charge on any atom is 0.238 e. The molecule has 2 N–H and O–H groups in total. The molecule has 0 radical (unpaired) electrons. The number of anilines is 2. The number of nitrogens with one attached hydrogen (secondary N) is 2. The van der Waals surface area contributed by atoms with Gasteiger partial charge in [-0.3, -0.25) is 9.59 Å². The van der Waals surface area contributed by atoms with Crippen LogP contribution in [0.25, 0.3) is 0 Å². The molecule has 2 rings (SSSR count). The summed E-state index contributed by atoms with van der Waals surface area (Å²) in [5, 5.41) is 5.61. The topological polar surface area (TPSA) is 61.4 Å². The lowest BCUT2D eigenvalue weighted by Crippen LogP contribution is -2.26. The molecule has 5 nitrogen and oxygen atoms in total. The van der Waals surface area contributed by atoms with Crippen LogP contribution >= 0.6 is 12.4 Å². The largest absolute Gasteiger partial charge is 0.325 e. The number of benzene rings is 1. The maximum absolute atomic E-state index is 11.4. The molecule has 0 spiro atoms. The van der Waals surface area contributed by atoms with Gasteiger partial charge in [0.05, 0.1) is 6.54 Å². The van der Waals surface area contributed by atoms with Gasteiger partial charge in [0.25, 0.3) is 0 Å². The van der Waals surface area contributed by atoms with Gasteiger partial charge in [-0.25, -0.2) is 0 Å². The molecular formula is C13H18ClN3O2.